The summed E-state index contributed by atoms with van der Waals surface area (Å²) in [6.45, 7) is 5.11. The second-order valence-corrected chi connectivity index (χ2v) is 2.47. The predicted octanol–water partition coefficient (Wildman–Crippen LogP) is -0.145. The molecule has 0 spiro atoms. The lowest BCUT2D eigenvalue weighted by Gasteiger charge is -2.03. The van der Waals surface area contributed by atoms with Gasteiger partial charge >= 0.3 is 5.97 Å². The van der Waals surface area contributed by atoms with E-state index >= 15 is 0 Å². The standard InChI is InChI=1S/C5H10O3.C3H8O2/c1-3-8-4(2)5(6)7;1-3(5)2-4/h4H,3H2,1-2H3,(H,6,7);3-5H,2H2,1H3. The molecule has 0 aromatic rings. The number of hydrogen-bond donors (Lipinski definition) is 3. The van der Waals surface area contributed by atoms with Crippen molar-refractivity contribution in [3.8, 4) is 0 Å². The van der Waals surface area contributed by atoms with Crippen molar-refractivity contribution >= 4 is 5.97 Å². The molecule has 0 aliphatic heterocycles. The van der Waals surface area contributed by atoms with E-state index in [0.717, 1.165) is 0 Å². The number of carboxylic acid groups (broad SMARTS) is 1. The van der Waals surface area contributed by atoms with Crippen LogP contribution in [0, 0.1) is 0 Å². The third-order valence-corrected chi connectivity index (χ3v) is 1.03. The lowest BCUT2D eigenvalue weighted by Crippen LogP contribution is -2.19. The van der Waals surface area contributed by atoms with Gasteiger partial charge in [0, 0.05) is 6.61 Å². The predicted molar refractivity (Wildman–Crippen MR) is 47.5 cm³/mol. The average Bonchev–Trinajstić information content (AvgIpc) is 2.06. The lowest BCUT2D eigenvalue weighted by atomic mass is 10.4. The molecule has 0 bridgehead atoms. The average molecular weight is 194 g/mol. The van der Waals surface area contributed by atoms with Crippen LogP contribution in [0.4, 0.5) is 0 Å². The van der Waals surface area contributed by atoms with Gasteiger partial charge in [0.15, 0.2) is 6.10 Å². The van der Waals surface area contributed by atoms with E-state index in [1.807, 2.05) is 0 Å². The van der Waals surface area contributed by atoms with Crippen LogP contribution in [0.2, 0.25) is 0 Å². The Kier molecular flexibility index (Phi) is 10.8. The van der Waals surface area contributed by atoms with Crippen LogP contribution >= 0.6 is 0 Å². The summed E-state index contributed by atoms with van der Waals surface area (Å²) in [5.74, 6) is -0.910. The number of carbonyl (C=O) groups is 1. The van der Waals surface area contributed by atoms with Gasteiger partial charge in [-0.2, -0.15) is 0 Å². The zero-order valence-electron chi connectivity index (χ0n) is 8.23. The van der Waals surface area contributed by atoms with Gasteiger partial charge < -0.3 is 20.1 Å². The van der Waals surface area contributed by atoms with Crippen molar-refractivity contribution in [1.82, 2.24) is 0 Å². The van der Waals surface area contributed by atoms with Gasteiger partial charge in [0.05, 0.1) is 12.7 Å². The normalized spacial score (nSPS) is 13.9. The minimum Gasteiger partial charge on any atom is -0.479 e. The first-order valence-electron chi connectivity index (χ1n) is 4.09. The Labute approximate surface area is 78.0 Å². The van der Waals surface area contributed by atoms with Crippen LogP contribution in [-0.4, -0.2) is 46.7 Å². The summed E-state index contributed by atoms with van der Waals surface area (Å²) in [4.78, 5) is 9.96. The van der Waals surface area contributed by atoms with Crippen molar-refractivity contribution in [3.63, 3.8) is 0 Å². The monoisotopic (exact) mass is 194 g/mol. The summed E-state index contributed by atoms with van der Waals surface area (Å²) >= 11 is 0. The smallest absolute Gasteiger partial charge is 0.332 e. The van der Waals surface area contributed by atoms with Gasteiger partial charge in [-0.3, -0.25) is 0 Å². The van der Waals surface area contributed by atoms with Crippen molar-refractivity contribution in [2.24, 2.45) is 0 Å². The summed E-state index contributed by atoms with van der Waals surface area (Å²) in [5.41, 5.74) is 0. The van der Waals surface area contributed by atoms with E-state index in [4.69, 9.17) is 20.1 Å². The summed E-state index contributed by atoms with van der Waals surface area (Å²) in [5, 5.41) is 24.2. The van der Waals surface area contributed by atoms with Crippen LogP contribution in [0.25, 0.3) is 0 Å². The van der Waals surface area contributed by atoms with E-state index in [1.165, 1.54) is 13.8 Å². The minimum absolute atomic E-state index is 0.139. The van der Waals surface area contributed by atoms with Crippen molar-refractivity contribution in [2.75, 3.05) is 13.2 Å². The van der Waals surface area contributed by atoms with Crippen molar-refractivity contribution in [1.29, 1.82) is 0 Å². The number of hydrogen-bond acceptors (Lipinski definition) is 4. The zero-order valence-corrected chi connectivity index (χ0v) is 8.23. The Hall–Kier alpha value is -0.650. The highest BCUT2D eigenvalue weighted by atomic mass is 16.5. The maximum absolute atomic E-state index is 9.96. The Morgan fingerprint density at radius 2 is 1.85 bits per heavy atom. The van der Waals surface area contributed by atoms with Gasteiger partial charge in [0.25, 0.3) is 0 Å². The Balaban J connectivity index is 0. The Morgan fingerprint density at radius 1 is 1.46 bits per heavy atom. The van der Waals surface area contributed by atoms with Crippen LogP contribution < -0.4 is 0 Å². The number of carboxylic acids is 1. The van der Waals surface area contributed by atoms with Crippen molar-refractivity contribution < 1.29 is 24.9 Å². The summed E-state index contributed by atoms with van der Waals surface area (Å²) < 4.78 is 4.70. The van der Waals surface area contributed by atoms with E-state index in [9.17, 15) is 4.79 Å². The number of rotatable bonds is 4. The second-order valence-electron chi connectivity index (χ2n) is 2.47. The highest BCUT2D eigenvalue weighted by molar-refractivity contribution is 5.71. The molecule has 3 N–H and O–H groups in total. The van der Waals surface area contributed by atoms with Gasteiger partial charge in [-0.15, -0.1) is 0 Å². The molecule has 0 aliphatic carbocycles. The third-order valence-electron chi connectivity index (χ3n) is 1.03. The molecule has 0 heterocycles. The Bertz CT molecular complexity index is 124. The fourth-order valence-electron chi connectivity index (χ4n) is 0.321. The fourth-order valence-corrected chi connectivity index (χ4v) is 0.321. The SMILES string of the molecule is CC(O)CO.CCOC(C)C(=O)O. The molecule has 2 atom stereocenters. The number of aliphatic hydroxyl groups excluding tert-OH is 2. The molecule has 13 heavy (non-hydrogen) atoms. The van der Waals surface area contributed by atoms with Crippen molar-refractivity contribution in [2.45, 2.75) is 33.0 Å². The van der Waals surface area contributed by atoms with E-state index in [1.54, 1.807) is 6.92 Å². The molecular weight excluding hydrogens is 176 g/mol. The Morgan fingerprint density at radius 3 is 1.92 bits per heavy atom. The molecule has 5 heteroatoms. The zero-order chi connectivity index (χ0) is 10.9. The van der Waals surface area contributed by atoms with Gasteiger partial charge in [-0.1, -0.05) is 0 Å². The van der Waals surface area contributed by atoms with Crippen molar-refractivity contribution in [3.05, 3.63) is 0 Å². The van der Waals surface area contributed by atoms with E-state index in [-0.39, 0.29) is 6.61 Å². The van der Waals surface area contributed by atoms with Crippen LogP contribution in [-0.2, 0) is 9.53 Å². The fraction of sp³-hybridized carbons (Fsp3) is 0.875. The topological polar surface area (TPSA) is 87.0 Å². The largest absolute Gasteiger partial charge is 0.479 e. The van der Waals surface area contributed by atoms with E-state index in [0.29, 0.717) is 6.61 Å². The molecule has 5 nitrogen and oxygen atoms in total. The van der Waals surface area contributed by atoms with Crippen LogP contribution in [0.1, 0.15) is 20.8 Å². The van der Waals surface area contributed by atoms with Gasteiger partial charge in [-0.05, 0) is 20.8 Å². The van der Waals surface area contributed by atoms with E-state index in [2.05, 4.69) is 0 Å². The molecule has 0 aromatic carbocycles. The maximum atomic E-state index is 9.96. The maximum Gasteiger partial charge on any atom is 0.332 e. The third kappa shape index (κ3) is 14.2. The van der Waals surface area contributed by atoms with E-state index < -0.39 is 18.2 Å². The van der Waals surface area contributed by atoms with Gasteiger partial charge in [0.1, 0.15) is 0 Å². The first-order chi connectivity index (χ1) is 5.95. The molecule has 0 saturated carbocycles. The van der Waals surface area contributed by atoms with Gasteiger partial charge in [-0.25, -0.2) is 4.79 Å². The first-order valence-corrected chi connectivity index (χ1v) is 4.09. The molecule has 0 aromatic heterocycles. The molecule has 0 aliphatic rings. The summed E-state index contributed by atoms with van der Waals surface area (Å²) in [7, 11) is 0. The molecule has 0 rings (SSSR count). The van der Waals surface area contributed by atoms with Crippen LogP contribution in [0.15, 0.2) is 0 Å². The molecule has 0 amide bonds. The summed E-state index contributed by atoms with van der Waals surface area (Å²) in [6.07, 6.45) is -1.23. The van der Waals surface area contributed by atoms with Gasteiger partial charge in [0.2, 0.25) is 0 Å². The second kappa shape index (κ2) is 9.44. The molecule has 0 fully saturated rings. The number of aliphatic hydroxyl groups is 2. The quantitative estimate of drug-likeness (QED) is 0.579. The van der Waals surface area contributed by atoms with Crippen LogP contribution in [0.3, 0.4) is 0 Å². The summed E-state index contributed by atoms with van der Waals surface area (Å²) in [6, 6.07) is 0. The molecule has 2 unspecified atom stereocenters. The minimum atomic E-state index is -0.910. The molecule has 0 saturated heterocycles. The number of aliphatic carboxylic acids is 1. The molecular formula is C8H18O5. The molecule has 80 valence electrons. The molecule has 0 radical (unpaired) electrons. The lowest BCUT2D eigenvalue weighted by molar-refractivity contribution is -0.148. The highest BCUT2D eigenvalue weighted by Gasteiger charge is 2.07. The number of ether oxygens (including phenoxy) is 1. The van der Waals surface area contributed by atoms with Crippen LogP contribution in [0.5, 0.6) is 0 Å². The first kappa shape index (κ1) is 14.9. The highest BCUT2D eigenvalue weighted by Crippen LogP contribution is 1.87.